The van der Waals surface area contributed by atoms with E-state index in [9.17, 15) is 10.1 Å². The molecule has 6 nitrogen and oxygen atoms in total. The van der Waals surface area contributed by atoms with E-state index in [0.29, 0.717) is 0 Å². The van der Waals surface area contributed by atoms with Gasteiger partial charge in [0.15, 0.2) is 0 Å². The van der Waals surface area contributed by atoms with Crippen molar-refractivity contribution in [1.82, 2.24) is 9.97 Å². The predicted molar refractivity (Wildman–Crippen MR) is 99.3 cm³/mol. The number of nitro groups is 1. The van der Waals surface area contributed by atoms with Crippen molar-refractivity contribution in [3.63, 3.8) is 0 Å². The number of anilines is 1. The monoisotopic (exact) mass is 354 g/mol. The van der Waals surface area contributed by atoms with Crippen LogP contribution in [0.5, 0.6) is 0 Å². The highest BCUT2D eigenvalue weighted by molar-refractivity contribution is 7.11. The Kier molecular flexibility index (Phi) is 4.31. The minimum atomic E-state index is -0.390. The average molecular weight is 354 g/mol. The summed E-state index contributed by atoms with van der Waals surface area (Å²) in [5.74, 6) is 0.780. The number of rotatable bonds is 5. The van der Waals surface area contributed by atoms with Crippen molar-refractivity contribution in [1.29, 1.82) is 0 Å². The Bertz CT molecular complexity index is 914. The Labute approximate surface area is 149 Å². The van der Waals surface area contributed by atoms with E-state index < -0.39 is 0 Å². The van der Waals surface area contributed by atoms with Gasteiger partial charge < -0.3 is 5.32 Å². The lowest BCUT2D eigenvalue weighted by atomic mass is 10.0. The number of thiazole rings is 1. The van der Waals surface area contributed by atoms with Gasteiger partial charge in [0.05, 0.1) is 21.1 Å². The Morgan fingerprint density at radius 3 is 2.88 bits per heavy atom. The highest BCUT2D eigenvalue weighted by Crippen LogP contribution is 2.27. The van der Waals surface area contributed by atoms with E-state index in [-0.39, 0.29) is 10.6 Å². The molecule has 128 valence electrons. The molecule has 25 heavy (non-hydrogen) atoms. The summed E-state index contributed by atoms with van der Waals surface area (Å²) in [5, 5.41) is 16.1. The van der Waals surface area contributed by atoms with Gasteiger partial charge in [-0.3, -0.25) is 10.1 Å². The summed E-state index contributed by atoms with van der Waals surface area (Å²) in [5.41, 5.74) is 2.14. The molecule has 1 N–H and O–H groups in total. The standard InChI is InChI=1S/C18H18N4O2S/c23-22(24)13-6-7-14-12(11-13)5-8-17(20-14)19-10-9-18-21-15-3-1-2-4-16(15)25-18/h5-8,11H,1-4,9-10H2,(H,19,20). The maximum absolute atomic E-state index is 10.8. The van der Waals surface area contributed by atoms with Gasteiger partial charge in [0.25, 0.3) is 5.69 Å². The summed E-state index contributed by atoms with van der Waals surface area (Å²) in [6, 6.07) is 8.44. The molecule has 0 bridgehead atoms. The van der Waals surface area contributed by atoms with Crippen LogP contribution < -0.4 is 5.32 Å². The van der Waals surface area contributed by atoms with E-state index in [1.807, 2.05) is 23.5 Å². The third-order valence-corrected chi connectivity index (χ3v) is 5.64. The molecular formula is C18H18N4O2S. The lowest BCUT2D eigenvalue weighted by molar-refractivity contribution is -0.384. The Morgan fingerprint density at radius 2 is 2.04 bits per heavy atom. The van der Waals surface area contributed by atoms with E-state index >= 15 is 0 Å². The molecular weight excluding hydrogens is 336 g/mol. The minimum Gasteiger partial charge on any atom is -0.370 e. The van der Waals surface area contributed by atoms with Crippen LogP contribution in [-0.4, -0.2) is 21.4 Å². The number of pyridine rings is 1. The Balaban J connectivity index is 1.41. The number of fused-ring (bicyclic) bond motifs is 2. The van der Waals surface area contributed by atoms with Crippen LogP contribution in [0.3, 0.4) is 0 Å². The molecule has 1 aromatic carbocycles. The molecule has 0 radical (unpaired) electrons. The average Bonchev–Trinajstić information content (AvgIpc) is 3.04. The summed E-state index contributed by atoms with van der Waals surface area (Å²) in [4.78, 5) is 21.2. The zero-order valence-corrected chi connectivity index (χ0v) is 14.5. The Morgan fingerprint density at radius 1 is 1.16 bits per heavy atom. The molecule has 1 aliphatic carbocycles. The van der Waals surface area contributed by atoms with Crippen molar-refractivity contribution in [3.05, 3.63) is 56.0 Å². The Hall–Kier alpha value is -2.54. The smallest absolute Gasteiger partial charge is 0.270 e. The van der Waals surface area contributed by atoms with Crippen molar-refractivity contribution in [2.45, 2.75) is 32.1 Å². The van der Waals surface area contributed by atoms with Gasteiger partial charge in [0.1, 0.15) is 5.82 Å². The second-order valence-electron chi connectivity index (χ2n) is 6.19. The maximum atomic E-state index is 10.8. The molecule has 0 spiro atoms. The van der Waals surface area contributed by atoms with Gasteiger partial charge in [0.2, 0.25) is 0 Å². The van der Waals surface area contributed by atoms with E-state index in [1.54, 1.807) is 12.1 Å². The van der Waals surface area contributed by atoms with Gasteiger partial charge in [-0.05, 0) is 43.9 Å². The van der Waals surface area contributed by atoms with Gasteiger partial charge in [-0.1, -0.05) is 0 Å². The zero-order chi connectivity index (χ0) is 17.2. The van der Waals surface area contributed by atoms with Crippen LogP contribution in [-0.2, 0) is 19.3 Å². The fraction of sp³-hybridized carbons (Fsp3) is 0.333. The fourth-order valence-electron chi connectivity index (χ4n) is 3.13. The van der Waals surface area contributed by atoms with Crippen molar-refractivity contribution in [2.75, 3.05) is 11.9 Å². The first-order valence-electron chi connectivity index (χ1n) is 8.45. The molecule has 2 heterocycles. The first-order chi connectivity index (χ1) is 12.2. The molecule has 3 aromatic rings. The lowest BCUT2D eigenvalue weighted by Gasteiger charge is -2.06. The van der Waals surface area contributed by atoms with Gasteiger partial charge >= 0.3 is 0 Å². The largest absolute Gasteiger partial charge is 0.370 e. The number of aromatic nitrogens is 2. The van der Waals surface area contributed by atoms with Crippen molar-refractivity contribution >= 4 is 33.7 Å². The number of benzene rings is 1. The third-order valence-electron chi connectivity index (χ3n) is 4.42. The number of nitrogens with zero attached hydrogens (tertiary/aromatic N) is 3. The van der Waals surface area contributed by atoms with E-state index in [4.69, 9.17) is 4.98 Å². The second-order valence-corrected chi connectivity index (χ2v) is 7.36. The molecule has 0 aliphatic heterocycles. The van der Waals surface area contributed by atoms with Crippen LogP contribution in [0.4, 0.5) is 11.5 Å². The number of hydrogen-bond donors (Lipinski definition) is 1. The summed E-state index contributed by atoms with van der Waals surface area (Å²) in [6.07, 6.45) is 5.73. The first kappa shape index (κ1) is 16.0. The molecule has 0 unspecified atom stereocenters. The van der Waals surface area contributed by atoms with Gasteiger partial charge in [0, 0.05) is 35.4 Å². The highest BCUT2D eigenvalue weighted by atomic mass is 32.1. The third kappa shape index (κ3) is 3.46. The molecule has 0 saturated carbocycles. The molecule has 1 aliphatic rings. The summed E-state index contributed by atoms with van der Waals surface area (Å²) in [6.45, 7) is 0.776. The van der Waals surface area contributed by atoms with E-state index in [0.717, 1.165) is 36.1 Å². The maximum Gasteiger partial charge on any atom is 0.270 e. The zero-order valence-electron chi connectivity index (χ0n) is 13.7. The van der Waals surface area contributed by atoms with Crippen LogP contribution in [0.2, 0.25) is 0 Å². The van der Waals surface area contributed by atoms with Gasteiger partial charge in [-0.2, -0.15) is 0 Å². The number of hydrogen-bond acceptors (Lipinski definition) is 6. The van der Waals surface area contributed by atoms with Crippen LogP contribution >= 0.6 is 11.3 Å². The first-order valence-corrected chi connectivity index (χ1v) is 9.27. The summed E-state index contributed by atoms with van der Waals surface area (Å²) in [7, 11) is 0. The van der Waals surface area contributed by atoms with Crippen LogP contribution in [0.25, 0.3) is 10.9 Å². The van der Waals surface area contributed by atoms with Gasteiger partial charge in [-0.25, -0.2) is 9.97 Å². The number of aryl methyl sites for hydroxylation is 2. The molecule has 2 aromatic heterocycles. The summed E-state index contributed by atoms with van der Waals surface area (Å²) < 4.78 is 0. The molecule has 0 amide bonds. The highest BCUT2D eigenvalue weighted by Gasteiger charge is 2.14. The molecule has 4 rings (SSSR count). The molecule has 0 saturated heterocycles. The normalized spacial score (nSPS) is 13.6. The number of non-ortho nitro benzene ring substituents is 1. The van der Waals surface area contributed by atoms with Crippen molar-refractivity contribution < 1.29 is 4.92 Å². The minimum absolute atomic E-state index is 0.0859. The van der Waals surface area contributed by atoms with Crippen molar-refractivity contribution in [3.8, 4) is 0 Å². The second kappa shape index (κ2) is 6.76. The van der Waals surface area contributed by atoms with E-state index in [1.165, 1.54) is 40.9 Å². The van der Waals surface area contributed by atoms with Crippen LogP contribution in [0, 0.1) is 10.1 Å². The number of nitrogens with one attached hydrogen (secondary N) is 1. The van der Waals surface area contributed by atoms with Gasteiger partial charge in [-0.15, -0.1) is 11.3 Å². The quantitative estimate of drug-likeness (QED) is 0.550. The summed E-state index contributed by atoms with van der Waals surface area (Å²) >= 11 is 1.84. The topological polar surface area (TPSA) is 81.0 Å². The predicted octanol–water partition coefficient (Wildman–Crippen LogP) is 4.13. The van der Waals surface area contributed by atoms with Crippen LogP contribution in [0.1, 0.15) is 28.4 Å². The number of nitro benzene ring substituents is 1. The van der Waals surface area contributed by atoms with Crippen LogP contribution in [0.15, 0.2) is 30.3 Å². The van der Waals surface area contributed by atoms with E-state index in [2.05, 4.69) is 10.3 Å². The molecule has 0 atom stereocenters. The van der Waals surface area contributed by atoms with Crippen molar-refractivity contribution in [2.24, 2.45) is 0 Å². The fourth-order valence-corrected chi connectivity index (χ4v) is 4.29. The lowest BCUT2D eigenvalue weighted by Crippen LogP contribution is -2.06. The SMILES string of the molecule is O=[N+]([O-])c1ccc2nc(NCCc3nc4c(s3)CCCC4)ccc2c1. The molecule has 7 heteroatoms. The molecule has 0 fully saturated rings.